The third kappa shape index (κ3) is 5.64. The average molecular weight is 403 g/mol. The van der Waals surface area contributed by atoms with Gasteiger partial charge in [0, 0.05) is 23.6 Å². The van der Waals surface area contributed by atoms with Gasteiger partial charge in [0.25, 0.3) is 5.91 Å². The van der Waals surface area contributed by atoms with Crippen molar-refractivity contribution in [3.8, 4) is 0 Å². The van der Waals surface area contributed by atoms with Crippen LogP contribution in [0.1, 0.15) is 21.7 Å². The highest BCUT2D eigenvalue weighted by Gasteiger charge is 2.33. The molecular formula is C19H16F3N5O2. The van der Waals surface area contributed by atoms with E-state index >= 15 is 0 Å². The quantitative estimate of drug-likeness (QED) is 0.663. The van der Waals surface area contributed by atoms with Crippen LogP contribution in [0.3, 0.4) is 0 Å². The van der Waals surface area contributed by atoms with Crippen LogP contribution in [0.4, 0.5) is 18.9 Å². The second kappa shape index (κ2) is 8.55. The summed E-state index contributed by atoms with van der Waals surface area (Å²) in [5.41, 5.74) is 0.278. The molecule has 0 bridgehead atoms. The van der Waals surface area contributed by atoms with Crippen LogP contribution in [0.5, 0.6) is 0 Å². The Morgan fingerprint density at radius 2 is 1.90 bits per heavy atom. The molecule has 150 valence electrons. The molecule has 0 saturated heterocycles. The third-order valence-corrected chi connectivity index (χ3v) is 3.80. The molecule has 2 amide bonds. The molecule has 0 spiro atoms. The number of anilines is 1. The number of nitrogens with zero attached hydrogens (tertiary/aromatic N) is 3. The van der Waals surface area contributed by atoms with Crippen LogP contribution in [0.15, 0.2) is 60.9 Å². The summed E-state index contributed by atoms with van der Waals surface area (Å²) in [5.74, 6) is -0.929. The molecule has 0 atom stereocenters. The topological polar surface area (TPSA) is 88.9 Å². The lowest BCUT2D eigenvalue weighted by Crippen LogP contribution is -2.24. The Labute approximate surface area is 163 Å². The number of benzene rings is 1. The Morgan fingerprint density at radius 3 is 2.59 bits per heavy atom. The van der Waals surface area contributed by atoms with Gasteiger partial charge in [-0.05, 0) is 36.4 Å². The van der Waals surface area contributed by atoms with E-state index < -0.39 is 24.3 Å². The van der Waals surface area contributed by atoms with Crippen LogP contribution in [-0.4, -0.2) is 26.6 Å². The zero-order valence-corrected chi connectivity index (χ0v) is 15.0. The van der Waals surface area contributed by atoms with E-state index in [2.05, 4.69) is 20.7 Å². The lowest BCUT2D eigenvalue weighted by molar-refractivity contribution is -0.141. The van der Waals surface area contributed by atoms with E-state index in [-0.39, 0.29) is 12.5 Å². The Bertz CT molecular complexity index is 1000. The standard InChI is InChI=1S/C19H16F3N5O2/c20-19(21,22)16-7-9-27(26-16)12-17(28)25-14-6-3-4-13(10-14)18(29)24-11-15-5-1-2-8-23-15/h1-10H,11-12H2,(H,24,29)(H,25,28). The number of amides is 2. The summed E-state index contributed by atoms with van der Waals surface area (Å²) >= 11 is 0. The normalized spacial score (nSPS) is 11.1. The summed E-state index contributed by atoms with van der Waals surface area (Å²) in [6, 6.07) is 12.3. The van der Waals surface area contributed by atoms with Gasteiger partial charge in [-0.1, -0.05) is 12.1 Å². The maximum atomic E-state index is 12.6. The molecule has 7 nitrogen and oxygen atoms in total. The van der Waals surface area contributed by atoms with Crippen molar-refractivity contribution in [1.29, 1.82) is 0 Å². The number of aromatic nitrogens is 3. The molecule has 2 aromatic heterocycles. The Kier molecular flexibility index (Phi) is 5.91. The Hall–Kier alpha value is -3.69. The fourth-order valence-corrected chi connectivity index (χ4v) is 2.46. The predicted molar refractivity (Wildman–Crippen MR) is 97.7 cm³/mol. The highest BCUT2D eigenvalue weighted by molar-refractivity contribution is 5.97. The monoisotopic (exact) mass is 403 g/mol. The first-order valence-electron chi connectivity index (χ1n) is 8.50. The van der Waals surface area contributed by atoms with Gasteiger partial charge in [0.05, 0.1) is 12.2 Å². The first kappa shape index (κ1) is 20.1. The van der Waals surface area contributed by atoms with Gasteiger partial charge < -0.3 is 10.6 Å². The molecule has 0 unspecified atom stereocenters. The zero-order valence-electron chi connectivity index (χ0n) is 15.0. The highest BCUT2D eigenvalue weighted by atomic mass is 19.4. The van der Waals surface area contributed by atoms with Gasteiger partial charge in [0.2, 0.25) is 5.91 Å². The zero-order chi connectivity index (χ0) is 20.9. The van der Waals surface area contributed by atoms with Gasteiger partial charge in [-0.2, -0.15) is 18.3 Å². The number of hydrogen-bond donors (Lipinski definition) is 2. The largest absolute Gasteiger partial charge is 0.435 e. The molecule has 0 aliphatic rings. The molecule has 0 fully saturated rings. The van der Waals surface area contributed by atoms with Gasteiger partial charge in [0.15, 0.2) is 5.69 Å². The van der Waals surface area contributed by atoms with E-state index in [0.29, 0.717) is 16.9 Å². The van der Waals surface area contributed by atoms with E-state index in [9.17, 15) is 22.8 Å². The fraction of sp³-hybridized carbons (Fsp3) is 0.158. The first-order chi connectivity index (χ1) is 13.8. The van der Waals surface area contributed by atoms with E-state index in [1.165, 1.54) is 6.07 Å². The second-order valence-electron chi connectivity index (χ2n) is 6.03. The van der Waals surface area contributed by atoms with Crippen molar-refractivity contribution >= 4 is 17.5 Å². The van der Waals surface area contributed by atoms with Crippen molar-refractivity contribution in [3.63, 3.8) is 0 Å². The molecule has 3 aromatic rings. The molecule has 10 heteroatoms. The number of rotatable bonds is 6. The number of hydrogen-bond acceptors (Lipinski definition) is 4. The smallest absolute Gasteiger partial charge is 0.346 e. The maximum Gasteiger partial charge on any atom is 0.435 e. The SMILES string of the molecule is O=C(Cn1ccc(C(F)(F)F)n1)Nc1cccc(C(=O)NCc2ccccn2)c1. The van der Waals surface area contributed by atoms with Crippen LogP contribution < -0.4 is 10.6 Å². The van der Waals surface area contributed by atoms with Crippen LogP contribution in [0.25, 0.3) is 0 Å². The van der Waals surface area contributed by atoms with Crippen molar-refractivity contribution in [2.75, 3.05) is 5.32 Å². The van der Waals surface area contributed by atoms with Gasteiger partial charge >= 0.3 is 6.18 Å². The van der Waals surface area contributed by atoms with E-state index in [4.69, 9.17) is 0 Å². The number of nitrogens with one attached hydrogen (secondary N) is 2. The molecule has 2 N–H and O–H groups in total. The molecule has 2 heterocycles. The highest BCUT2D eigenvalue weighted by Crippen LogP contribution is 2.27. The van der Waals surface area contributed by atoms with Crippen LogP contribution in [0, 0.1) is 0 Å². The van der Waals surface area contributed by atoms with Crippen LogP contribution in [-0.2, 0) is 24.1 Å². The fourth-order valence-electron chi connectivity index (χ4n) is 2.46. The molecule has 29 heavy (non-hydrogen) atoms. The lowest BCUT2D eigenvalue weighted by Gasteiger charge is -2.09. The number of halogens is 3. The predicted octanol–water partition coefficient (Wildman–Crippen LogP) is 2.87. The van der Waals surface area contributed by atoms with E-state index in [0.717, 1.165) is 16.9 Å². The van der Waals surface area contributed by atoms with Gasteiger partial charge in [-0.25, -0.2) is 0 Å². The summed E-state index contributed by atoms with van der Waals surface area (Å²) in [5, 5.41) is 8.57. The van der Waals surface area contributed by atoms with Crippen molar-refractivity contribution < 1.29 is 22.8 Å². The summed E-state index contributed by atoms with van der Waals surface area (Å²) in [7, 11) is 0. The summed E-state index contributed by atoms with van der Waals surface area (Å²) in [6.45, 7) is -0.150. The van der Waals surface area contributed by atoms with Crippen LogP contribution in [0.2, 0.25) is 0 Å². The van der Waals surface area contributed by atoms with Crippen molar-refractivity contribution in [2.45, 2.75) is 19.3 Å². The minimum atomic E-state index is -4.57. The van der Waals surface area contributed by atoms with Gasteiger partial charge in [-0.15, -0.1) is 0 Å². The van der Waals surface area contributed by atoms with Gasteiger partial charge in [0.1, 0.15) is 6.54 Å². The van der Waals surface area contributed by atoms with Crippen LogP contribution >= 0.6 is 0 Å². The molecule has 0 aliphatic heterocycles. The van der Waals surface area contributed by atoms with E-state index in [1.807, 2.05) is 6.07 Å². The van der Waals surface area contributed by atoms with Crippen molar-refractivity contribution in [2.24, 2.45) is 0 Å². The Balaban J connectivity index is 1.58. The second-order valence-corrected chi connectivity index (χ2v) is 6.03. The third-order valence-electron chi connectivity index (χ3n) is 3.80. The average Bonchev–Trinajstić information content (AvgIpc) is 3.16. The minimum Gasteiger partial charge on any atom is -0.346 e. The van der Waals surface area contributed by atoms with E-state index in [1.54, 1.807) is 36.5 Å². The number of carbonyl (C=O) groups excluding carboxylic acids is 2. The molecule has 1 aromatic carbocycles. The molecular weight excluding hydrogens is 387 g/mol. The van der Waals surface area contributed by atoms with Crippen molar-refractivity contribution in [3.05, 3.63) is 77.9 Å². The molecule has 0 saturated carbocycles. The number of alkyl halides is 3. The summed E-state index contributed by atoms with van der Waals surface area (Å²) in [4.78, 5) is 28.4. The Morgan fingerprint density at radius 1 is 1.07 bits per heavy atom. The number of carbonyl (C=O) groups is 2. The maximum absolute atomic E-state index is 12.6. The molecule has 0 aliphatic carbocycles. The molecule has 3 rings (SSSR count). The summed E-state index contributed by atoms with van der Waals surface area (Å²) in [6.07, 6.45) is -1.88. The minimum absolute atomic E-state index is 0.247. The molecule has 0 radical (unpaired) electrons. The number of pyridine rings is 1. The van der Waals surface area contributed by atoms with Gasteiger partial charge in [-0.3, -0.25) is 19.3 Å². The summed E-state index contributed by atoms with van der Waals surface area (Å²) < 4.78 is 38.6. The first-order valence-corrected chi connectivity index (χ1v) is 8.50. The lowest BCUT2D eigenvalue weighted by atomic mass is 10.2. The van der Waals surface area contributed by atoms with Crippen molar-refractivity contribution in [1.82, 2.24) is 20.1 Å².